The number of aryl methyl sites for hydroxylation is 1. The zero-order chi connectivity index (χ0) is 10.8. The smallest absolute Gasteiger partial charge is 0.00202 e. The highest BCUT2D eigenvalue weighted by Gasteiger charge is 2.20. The molecular weight excluding hydrogens is 194 g/mol. The van der Waals surface area contributed by atoms with Gasteiger partial charge in [0.25, 0.3) is 0 Å². The second-order valence-electron chi connectivity index (χ2n) is 5.24. The van der Waals surface area contributed by atoms with Gasteiger partial charge in [0.05, 0.1) is 0 Å². The predicted octanol–water partition coefficient (Wildman–Crippen LogP) is 3.03. The molecule has 1 heteroatoms. The van der Waals surface area contributed by atoms with Crippen molar-refractivity contribution in [3.63, 3.8) is 0 Å². The van der Waals surface area contributed by atoms with Crippen molar-refractivity contribution in [1.29, 1.82) is 0 Å². The van der Waals surface area contributed by atoms with Gasteiger partial charge in [-0.05, 0) is 67.7 Å². The molecule has 0 aromatic heterocycles. The molecule has 1 heterocycles. The molecule has 0 amide bonds. The van der Waals surface area contributed by atoms with Gasteiger partial charge in [0.1, 0.15) is 0 Å². The van der Waals surface area contributed by atoms with Crippen molar-refractivity contribution in [2.45, 2.75) is 44.4 Å². The largest absolute Gasteiger partial charge is 0.316 e. The van der Waals surface area contributed by atoms with Gasteiger partial charge >= 0.3 is 0 Å². The molecule has 2 aliphatic rings. The summed E-state index contributed by atoms with van der Waals surface area (Å²) < 4.78 is 0. The summed E-state index contributed by atoms with van der Waals surface area (Å²) in [6.45, 7) is 2.40. The van der Waals surface area contributed by atoms with Crippen LogP contribution in [0.15, 0.2) is 18.2 Å². The molecule has 1 N–H and O–H groups in total. The Morgan fingerprint density at radius 3 is 2.88 bits per heavy atom. The molecule has 0 bridgehead atoms. The zero-order valence-corrected chi connectivity index (χ0v) is 9.97. The van der Waals surface area contributed by atoms with Crippen LogP contribution in [0, 0.1) is 0 Å². The van der Waals surface area contributed by atoms with Crippen molar-refractivity contribution >= 4 is 0 Å². The van der Waals surface area contributed by atoms with Crippen LogP contribution in [-0.4, -0.2) is 13.1 Å². The molecule has 1 aromatic carbocycles. The second kappa shape index (κ2) is 4.58. The molecule has 86 valence electrons. The molecule has 1 saturated heterocycles. The van der Waals surface area contributed by atoms with Gasteiger partial charge in [-0.1, -0.05) is 18.2 Å². The lowest BCUT2D eigenvalue weighted by Gasteiger charge is -2.28. The molecule has 1 aliphatic heterocycles. The van der Waals surface area contributed by atoms with E-state index in [4.69, 9.17) is 0 Å². The third-order valence-corrected chi connectivity index (χ3v) is 4.17. The summed E-state index contributed by atoms with van der Waals surface area (Å²) in [5, 5.41) is 3.54. The molecule has 0 spiro atoms. The van der Waals surface area contributed by atoms with Crippen molar-refractivity contribution in [2.75, 3.05) is 13.1 Å². The molecule has 1 fully saturated rings. The lowest BCUT2D eigenvalue weighted by Crippen LogP contribution is -2.29. The highest BCUT2D eigenvalue weighted by molar-refractivity contribution is 5.39. The van der Waals surface area contributed by atoms with E-state index in [0.717, 1.165) is 5.92 Å². The zero-order valence-electron chi connectivity index (χ0n) is 9.97. The average molecular weight is 215 g/mol. The van der Waals surface area contributed by atoms with Crippen LogP contribution in [0.2, 0.25) is 0 Å². The van der Waals surface area contributed by atoms with Gasteiger partial charge in [0.2, 0.25) is 0 Å². The minimum absolute atomic E-state index is 0.779. The maximum atomic E-state index is 3.54. The lowest BCUT2D eigenvalue weighted by molar-refractivity contribution is 0.457. The fourth-order valence-corrected chi connectivity index (χ4v) is 3.31. The molecule has 3 rings (SSSR count). The maximum absolute atomic E-state index is 3.54. The van der Waals surface area contributed by atoms with E-state index < -0.39 is 0 Å². The molecule has 0 saturated carbocycles. The number of hydrogen-bond donors (Lipinski definition) is 1. The minimum atomic E-state index is 0.779. The minimum Gasteiger partial charge on any atom is -0.316 e. The molecule has 1 nitrogen and oxygen atoms in total. The Morgan fingerprint density at radius 1 is 1.06 bits per heavy atom. The molecule has 1 aliphatic carbocycles. The Morgan fingerprint density at radius 2 is 2.00 bits per heavy atom. The van der Waals surface area contributed by atoms with Crippen molar-refractivity contribution in [2.24, 2.45) is 0 Å². The predicted molar refractivity (Wildman–Crippen MR) is 67.9 cm³/mol. The standard InChI is InChI=1S/C15H21N/c1-2-8-14-12(5-1)6-3-9-15(14)13-7-4-10-16-11-13/h3,6,9,13,16H,1-2,4-5,7-8,10-11H2. The first-order valence-corrected chi connectivity index (χ1v) is 6.76. The summed E-state index contributed by atoms with van der Waals surface area (Å²) in [5.74, 6) is 0.779. The first kappa shape index (κ1) is 10.3. The Balaban J connectivity index is 1.93. The summed E-state index contributed by atoms with van der Waals surface area (Å²) in [6.07, 6.45) is 8.13. The number of fused-ring (bicyclic) bond motifs is 1. The Bertz CT molecular complexity index is 364. The van der Waals surface area contributed by atoms with Crippen molar-refractivity contribution in [3.05, 3.63) is 34.9 Å². The summed E-state index contributed by atoms with van der Waals surface area (Å²) in [4.78, 5) is 0. The fraction of sp³-hybridized carbons (Fsp3) is 0.600. The summed E-state index contributed by atoms with van der Waals surface area (Å²) in [6, 6.07) is 6.99. The van der Waals surface area contributed by atoms with Gasteiger partial charge in [0, 0.05) is 6.54 Å². The van der Waals surface area contributed by atoms with E-state index in [2.05, 4.69) is 23.5 Å². The monoisotopic (exact) mass is 215 g/mol. The van der Waals surface area contributed by atoms with E-state index in [1.54, 1.807) is 16.7 Å². The summed E-state index contributed by atoms with van der Waals surface area (Å²) >= 11 is 0. The second-order valence-corrected chi connectivity index (χ2v) is 5.24. The molecule has 1 atom stereocenters. The summed E-state index contributed by atoms with van der Waals surface area (Å²) in [7, 11) is 0. The molecule has 1 unspecified atom stereocenters. The Labute approximate surface area is 98.3 Å². The number of hydrogen-bond acceptors (Lipinski definition) is 1. The fourth-order valence-electron chi connectivity index (χ4n) is 3.31. The van der Waals surface area contributed by atoms with E-state index in [1.165, 1.54) is 51.6 Å². The van der Waals surface area contributed by atoms with Crippen LogP contribution in [0.4, 0.5) is 0 Å². The van der Waals surface area contributed by atoms with Crippen molar-refractivity contribution in [1.82, 2.24) is 5.32 Å². The summed E-state index contributed by atoms with van der Waals surface area (Å²) in [5.41, 5.74) is 4.99. The van der Waals surface area contributed by atoms with E-state index in [9.17, 15) is 0 Å². The van der Waals surface area contributed by atoms with Gasteiger partial charge in [-0.15, -0.1) is 0 Å². The normalized spacial score (nSPS) is 25.1. The van der Waals surface area contributed by atoms with Gasteiger partial charge in [-0.25, -0.2) is 0 Å². The highest BCUT2D eigenvalue weighted by atomic mass is 14.9. The van der Waals surface area contributed by atoms with Gasteiger partial charge < -0.3 is 5.32 Å². The van der Waals surface area contributed by atoms with E-state index in [-0.39, 0.29) is 0 Å². The highest BCUT2D eigenvalue weighted by Crippen LogP contribution is 2.32. The first-order valence-electron chi connectivity index (χ1n) is 6.76. The number of rotatable bonds is 1. The van der Waals surface area contributed by atoms with Crippen LogP contribution in [0.5, 0.6) is 0 Å². The molecular formula is C15H21N. The number of nitrogens with one attached hydrogen (secondary N) is 1. The van der Waals surface area contributed by atoms with Crippen LogP contribution in [0.1, 0.15) is 48.3 Å². The van der Waals surface area contributed by atoms with E-state index in [1.807, 2.05) is 0 Å². The van der Waals surface area contributed by atoms with Gasteiger partial charge in [0.15, 0.2) is 0 Å². The third kappa shape index (κ3) is 1.89. The van der Waals surface area contributed by atoms with Crippen molar-refractivity contribution in [3.8, 4) is 0 Å². The topological polar surface area (TPSA) is 12.0 Å². The van der Waals surface area contributed by atoms with Crippen molar-refractivity contribution < 1.29 is 0 Å². The third-order valence-electron chi connectivity index (χ3n) is 4.17. The molecule has 1 aromatic rings. The lowest BCUT2D eigenvalue weighted by atomic mass is 9.81. The Kier molecular flexibility index (Phi) is 2.96. The SMILES string of the molecule is c1cc2c(c(C3CCCNC3)c1)CCCC2. The van der Waals surface area contributed by atoms with E-state index in [0.29, 0.717) is 0 Å². The Hall–Kier alpha value is -0.820. The average Bonchev–Trinajstić information content (AvgIpc) is 2.39. The van der Waals surface area contributed by atoms with Crippen LogP contribution in [-0.2, 0) is 12.8 Å². The maximum Gasteiger partial charge on any atom is 0.00202 e. The number of piperidine rings is 1. The van der Waals surface area contributed by atoms with Crippen LogP contribution in [0.3, 0.4) is 0 Å². The number of benzene rings is 1. The molecule has 16 heavy (non-hydrogen) atoms. The van der Waals surface area contributed by atoms with Crippen LogP contribution < -0.4 is 5.32 Å². The molecule has 0 radical (unpaired) electrons. The quantitative estimate of drug-likeness (QED) is 0.759. The van der Waals surface area contributed by atoms with Crippen LogP contribution >= 0.6 is 0 Å². The van der Waals surface area contributed by atoms with Crippen LogP contribution in [0.25, 0.3) is 0 Å². The van der Waals surface area contributed by atoms with Gasteiger partial charge in [-0.3, -0.25) is 0 Å². The first-order chi connectivity index (χ1) is 7.95. The van der Waals surface area contributed by atoms with E-state index >= 15 is 0 Å². The van der Waals surface area contributed by atoms with Gasteiger partial charge in [-0.2, -0.15) is 0 Å².